The molecule has 1 aromatic carbocycles. The van der Waals surface area contributed by atoms with Crippen LogP contribution in [0.4, 0.5) is 5.69 Å². The van der Waals surface area contributed by atoms with E-state index in [0.29, 0.717) is 42.3 Å². The van der Waals surface area contributed by atoms with E-state index in [1.54, 1.807) is 24.3 Å². The Balaban J connectivity index is 1.76. The first-order valence-corrected chi connectivity index (χ1v) is 7.75. The summed E-state index contributed by atoms with van der Waals surface area (Å²) in [6.45, 7) is 1.06. The van der Waals surface area contributed by atoms with Gasteiger partial charge in [-0.2, -0.15) is 0 Å². The third-order valence-corrected chi connectivity index (χ3v) is 4.44. The van der Waals surface area contributed by atoms with Crippen molar-refractivity contribution < 1.29 is 14.4 Å². The molecular weight excluding hydrogens is 318 g/mol. The van der Waals surface area contributed by atoms with Gasteiger partial charge in [-0.1, -0.05) is 17.7 Å². The van der Waals surface area contributed by atoms with E-state index in [-0.39, 0.29) is 23.6 Å². The van der Waals surface area contributed by atoms with Crippen molar-refractivity contribution in [3.63, 3.8) is 0 Å². The molecule has 0 aromatic heterocycles. The fraction of sp³-hybridized carbons (Fsp3) is 0.312. The van der Waals surface area contributed by atoms with Gasteiger partial charge in [0, 0.05) is 30.1 Å². The molecular formula is C16H16ClN3O3. The van der Waals surface area contributed by atoms with Gasteiger partial charge in [-0.15, -0.1) is 0 Å². The molecule has 2 aliphatic heterocycles. The van der Waals surface area contributed by atoms with Crippen LogP contribution in [0.5, 0.6) is 0 Å². The molecule has 7 heteroatoms. The fourth-order valence-electron chi connectivity index (χ4n) is 2.95. The highest BCUT2D eigenvalue weighted by Gasteiger charge is 2.37. The fourth-order valence-corrected chi connectivity index (χ4v) is 3.13. The molecule has 2 N–H and O–H groups in total. The van der Waals surface area contributed by atoms with Crippen molar-refractivity contribution in [3.8, 4) is 0 Å². The SMILES string of the molecule is NC(=O)C1CCN(C2=CC(=O)N(c3cccc(Cl)c3)C2=O)CC1. The molecule has 2 heterocycles. The average Bonchev–Trinajstić information content (AvgIpc) is 2.82. The second-order valence-corrected chi connectivity index (χ2v) is 6.09. The van der Waals surface area contributed by atoms with E-state index in [2.05, 4.69) is 0 Å². The summed E-state index contributed by atoms with van der Waals surface area (Å²) in [6.07, 6.45) is 2.52. The molecule has 120 valence electrons. The number of carbonyl (C=O) groups excluding carboxylic acids is 3. The van der Waals surface area contributed by atoms with Gasteiger partial charge in [0.15, 0.2) is 0 Å². The maximum atomic E-state index is 12.6. The molecule has 0 bridgehead atoms. The number of amides is 3. The van der Waals surface area contributed by atoms with Crippen LogP contribution in [-0.4, -0.2) is 35.7 Å². The number of hydrogen-bond acceptors (Lipinski definition) is 4. The topological polar surface area (TPSA) is 83.7 Å². The predicted molar refractivity (Wildman–Crippen MR) is 85.5 cm³/mol. The van der Waals surface area contributed by atoms with Crippen molar-refractivity contribution >= 4 is 35.0 Å². The monoisotopic (exact) mass is 333 g/mol. The number of likely N-dealkylation sites (tertiary alicyclic amines) is 1. The van der Waals surface area contributed by atoms with E-state index in [1.807, 2.05) is 4.90 Å². The van der Waals surface area contributed by atoms with Crippen LogP contribution in [0.15, 0.2) is 36.0 Å². The van der Waals surface area contributed by atoms with Crippen molar-refractivity contribution in [2.45, 2.75) is 12.8 Å². The lowest BCUT2D eigenvalue weighted by molar-refractivity contribution is -0.123. The summed E-state index contributed by atoms with van der Waals surface area (Å²) in [6, 6.07) is 6.61. The zero-order chi connectivity index (χ0) is 16.6. The van der Waals surface area contributed by atoms with Gasteiger partial charge in [0.2, 0.25) is 5.91 Å². The lowest BCUT2D eigenvalue weighted by Gasteiger charge is -2.32. The van der Waals surface area contributed by atoms with Crippen LogP contribution in [0, 0.1) is 5.92 Å². The zero-order valence-corrected chi connectivity index (χ0v) is 13.1. The highest BCUT2D eigenvalue weighted by molar-refractivity contribution is 6.33. The van der Waals surface area contributed by atoms with E-state index >= 15 is 0 Å². The lowest BCUT2D eigenvalue weighted by Crippen LogP contribution is -2.41. The number of imide groups is 1. The summed E-state index contributed by atoms with van der Waals surface area (Å²) in [5, 5.41) is 0.457. The molecule has 0 radical (unpaired) electrons. The molecule has 2 aliphatic rings. The summed E-state index contributed by atoms with van der Waals surface area (Å²) < 4.78 is 0. The van der Waals surface area contributed by atoms with Crippen LogP contribution in [0.2, 0.25) is 5.02 Å². The molecule has 23 heavy (non-hydrogen) atoms. The van der Waals surface area contributed by atoms with Crippen molar-refractivity contribution in [2.24, 2.45) is 11.7 Å². The molecule has 6 nitrogen and oxygen atoms in total. The molecule has 1 fully saturated rings. The van der Waals surface area contributed by atoms with Gasteiger partial charge in [-0.3, -0.25) is 14.4 Å². The Morgan fingerprint density at radius 2 is 1.91 bits per heavy atom. The Bertz CT molecular complexity index is 708. The van der Waals surface area contributed by atoms with Crippen molar-refractivity contribution in [3.05, 3.63) is 41.1 Å². The number of halogens is 1. The third kappa shape index (κ3) is 2.94. The number of hydrogen-bond donors (Lipinski definition) is 1. The lowest BCUT2D eigenvalue weighted by atomic mass is 9.96. The molecule has 0 spiro atoms. The van der Waals surface area contributed by atoms with Crippen LogP contribution < -0.4 is 10.6 Å². The smallest absolute Gasteiger partial charge is 0.281 e. The van der Waals surface area contributed by atoms with Gasteiger partial charge < -0.3 is 10.6 Å². The molecule has 1 saturated heterocycles. The Morgan fingerprint density at radius 3 is 2.52 bits per heavy atom. The maximum Gasteiger partial charge on any atom is 0.281 e. The number of piperidine rings is 1. The van der Waals surface area contributed by atoms with Crippen LogP contribution in [0.25, 0.3) is 0 Å². The highest BCUT2D eigenvalue weighted by atomic mass is 35.5. The molecule has 0 atom stereocenters. The molecule has 1 aromatic rings. The number of anilines is 1. The first-order chi connectivity index (χ1) is 11.0. The number of primary amides is 1. The zero-order valence-electron chi connectivity index (χ0n) is 12.4. The molecule has 3 amide bonds. The largest absolute Gasteiger partial charge is 0.369 e. The number of rotatable bonds is 3. The van der Waals surface area contributed by atoms with E-state index in [9.17, 15) is 14.4 Å². The highest BCUT2D eigenvalue weighted by Crippen LogP contribution is 2.28. The Morgan fingerprint density at radius 1 is 1.22 bits per heavy atom. The van der Waals surface area contributed by atoms with Gasteiger partial charge in [-0.05, 0) is 31.0 Å². The Kier molecular flexibility index (Phi) is 4.09. The first-order valence-electron chi connectivity index (χ1n) is 7.37. The van der Waals surface area contributed by atoms with Crippen molar-refractivity contribution in [2.75, 3.05) is 18.0 Å². The summed E-state index contributed by atoms with van der Waals surface area (Å²) in [5.74, 6) is -1.23. The molecule has 3 rings (SSSR count). The number of nitrogens with zero attached hydrogens (tertiary/aromatic N) is 2. The number of benzene rings is 1. The second kappa shape index (κ2) is 6.04. The van der Waals surface area contributed by atoms with E-state index in [4.69, 9.17) is 17.3 Å². The van der Waals surface area contributed by atoms with Crippen molar-refractivity contribution in [1.82, 2.24) is 4.90 Å². The first kappa shape index (κ1) is 15.6. The summed E-state index contributed by atoms with van der Waals surface area (Å²) in [5.41, 5.74) is 6.12. The van der Waals surface area contributed by atoms with Gasteiger partial charge in [0.1, 0.15) is 5.70 Å². The average molecular weight is 334 g/mol. The van der Waals surface area contributed by atoms with E-state index < -0.39 is 0 Å². The third-order valence-electron chi connectivity index (χ3n) is 4.21. The number of nitrogens with two attached hydrogens (primary N) is 1. The maximum absolute atomic E-state index is 12.6. The summed E-state index contributed by atoms with van der Waals surface area (Å²) in [4.78, 5) is 39.0. The summed E-state index contributed by atoms with van der Waals surface area (Å²) >= 11 is 5.93. The van der Waals surface area contributed by atoms with Gasteiger partial charge in [0.25, 0.3) is 11.8 Å². The minimum absolute atomic E-state index is 0.164. The quantitative estimate of drug-likeness (QED) is 0.845. The van der Waals surface area contributed by atoms with Crippen LogP contribution in [0.3, 0.4) is 0 Å². The normalized spacial score (nSPS) is 19.3. The van der Waals surface area contributed by atoms with Crippen LogP contribution >= 0.6 is 11.6 Å². The molecule has 0 unspecified atom stereocenters. The van der Waals surface area contributed by atoms with Gasteiger partial charge >= 0.3 is 0 Å². The molecule has 0 saturated carbocycles. The van der Waals surface area contributed by atoms with E-state index in [1.165, 1.54) is 6.08 Å². The minimum atomic E-state index is -0.385. The number of carbonyl (C=O) groups is 3. The van der Waals surface area contributed by atoms with Gasteiger partial charge in [0.05, 0.1) is 5.69 Å². The standard InChI is InChI=1S/C16H16ClN3O3/c17-11-2-1-3-12(8-11)20-14(21)9-13(16(20)23)19-6-4-10(5-7-19)15(18)22/h1-3,8-10H,4-7H2,(H2,18,22). The van der Waals surface area contributed by atoms with Crippen molar-refractivity contribution in [1.29, 1.82) is 0 Å². The predicted octanol–water partition coefficient (Wildman–Crippen LogP) is 1.29. The molecule has 0 aliphatic carbocycles. The summed E-state index contributed by atoms with van der Waals surface area (Å²) in [7, 11) is 0. The Labute approximate surface area is 138 Å². The van der Waals surface area contributed by atoms with Crippen LogP contribution in [-0.2, 0) is 14.4 Å². The van der Waals surface area contributed by atoms with Crippen LogP contribution in [0.1, 0.15) is 12.8 Å². The second-order valence-electron chi connectivity index (χ2n) is 5.65. The van der Waals surface area contributed by atoms with E-state index in [0.717, 1.165) is 4.90 Å². The Hall–Kier alpha value is -2.34. The minimum Gasteiger partial charge on any atom is -0.369 e. The van der Waals surface area contributed by atoms with Gasteiger partial charge in [-0.25, -0.2) is 4.90 Å².